The van der Waals surface area contributed by atoms with Crippen molar-refractivity contribution >= 4 is 11.8 Å². The lowest BCUT2D eigenvalue weighted by atomic mass is 9.75. The van der Waals surface area contributed by atoms with E-state index in [4.69, 9.17) is 18.9 Å². The van der Waals surface area contributed by atoms with Gasteiger partial charge in [0, 0.05) is 18.9 Å². The van der Waals surface area contributed by atoms with Crippen LogP contribution in [-0.4, -0.2) is 43.0 Å². The van der Waals surface area contributed by atoms with Gasteiger partial charge in [-0.2, -0.15) is 0 Å². The zero-order chi connectivity index (χ0) is 27.8. The van der Waals surface area contributed by atoms with Crippen LogP contribution in [0.3, 0.4) is 0 Å². The van der Waals surface area contributed by atoms with E-state index in [1.165, 1.54) is 7.11 Å². The summed E-state index contributed by atoms with van der Waals surface area (Å²) in [6.45, 7) is 10.5. The minimum absolute atomic E-state index is 0.0494. The Labute approximate surface area is 227 Å². The molecule has 0 N–H and O–H groups in total. The van der Waals surface area contributed by atoms with Crippen LogP contribution in [0.25, 0.3) is 0 Å². The zero-order valence-electron chi connectivity index (χ0n) is 23.5. The number of hydrogen-bond donors (Lipinski definition) is 0. The Kier molecular flexibility index (Phi) is 10.4. The molecule has 2 aromatic rings. The molecule has 0 saturated carbocycles. The molecule has 1 unspecified atom stereocenters. The number of hydrogen-bond acceptors (Lipinski definition) is 6. The number of methoxy groups -OCH3 is 1. The predicted octanol–water partition coefficient (Wildman–Crippen LogP) is 6.54. The van der Waals surface area contributed by atoms with Gasteiger partial charge in [0.15, 0.2) is 6.10 Å². The fourth-order valence-electron chi connectivity index (χ4n) is 4.89. The summed E-state index contributed by atoms with van der Waals surface area (Å²) in [6.07, 6.45) is 4.19. The SMILES string of the molecule is CC/C=C/C(C)(C)[C@]1(OC)OC(C[C@@H](C)[C@@H](C)OCc2ccccc2)C[C@H](OC(=O)c2ccccc2)C1=O. The lowest BCUT2D eigenvalue weighted by Gasteiger charge is -2.49. The fraction of sp³-hybridized carbons (Fsp3) is 0.500. The first-order valence-electron chi connectivity index (χ1n) is 13.5. The van der Waals surface area contributed by atoms with E-state index >= 15 is 0 Å². The molecule has 0 aromatic heterocycles. The summed E-state index contributed by atoms with van der Waals surface area (Å²) in [4.78, 5) is 26.8. The maximum absolute atomic E-state index is 13.9. The van der Waals surface area contributed by atoms with Crippen LogP contribution in [-0.2, 0) is 30.3 Å². The number of ketones is 1. The summed E-state index contributed by atoms with van der Waals surface area (Å²) >= 11 is 0. The molecule has 0 radical (unpaired) electrons. The highest BCUT2D eigenvalue weighted by molar-refractivity contribution is 5.96. The van der Waals surface area contributed by atoms with Crippen molar-refractivity contribution < 1.29 is 28.5 Å². The third kappa shape index (κ3) is 6.99. The van der Waals surface area contributed by atoms with Crippen LogP contribution >= 0.6 is 0 Å². The van der Waals surface area contributed by atoms with Gasteiger partial charge < -0.3 is 18.9 Å². The van der Waals surface area contributed by atoms with E-state index in [0.29, 0.717) is 18.6 Å². The summed E-state index contributed by atoms with van der Waals surface area (Å²) in [5.74, 6) is -2.40. The molecule has 0 spiro atoms. The van der Waals surface area contributed by atoms with Gasteiger partial charge in [-0.15, -0.1) is 0 Å². The Hall–Kier alpha value is -2.80. The van der Waals surface area contributed by atoms with Gasteiger partial charge in [-0.25, -0.2) is 4.79 Å². The van der Waals surface area contributed by atoms with Crippen molar-refractivity contribution in [2.45, 2.75) is 84.6 Å². The highest BCUT2D eigenvalue weighted by atomic mass is 16.7. The first-order valence-corrected chi connectivity index (χ1v) is 13.5. The number of rotatable bonds is 12. The largest absolute Gasteiger partial charge is 0.450 e. The second-order valence-corrected chi connectivity index (χ2v) is 10.7. The Morgan fingerprint density at radius 2 is 1.74 bits per heavy atom. The Morgan fingerprint density at radius 3 is 2.34 bits per heavy atom. The average Bonchev–Trinajstić information content (AvgIpc) is 2.93. The molecule has 0 amide bonds. The summed E-state index contributed by atoms with van der Waals surface area (Å²) < 4.78 is 24.4. The van der Waals surface area contributed by atoms with Crippen LogP contribution in [0.1, 0.15) is 69.8 Å². The highest BCUT2D eigenvalue weighted by Crippen LogP contribution is 2.44. The van der Waals surface area contributed by atoms with Gasteiger partial charge in [0.05, 0.1) is 24.4 Å². The quantitative estimate of drug-likeness (QED) is 0.233. The number of allylic oxidation sites excluding steroid dienone is 1. The van der Waals surface area contributed by atoms with Crippen molar-refractivity contribution in [1.82, 2.24) is 0 Å². The Balaban J connectivity index is 1.82. The van der Waals surface area contributed by atoms with Gasteiger partial charge >= 0.3 is 5.97 Å². The molecule has 206 valence electrons. The minimum atomic E-state index is -1.60. The van der Waals surface area contributed by atoms with Crippen molar-refractivity contribution in [2.24, 2.45) is 11.3 Å². The fourth-order valence-corrected chi connectivity index (χ4v) is 4.89. The van der Waals surface area contributed by atoms with E-state index in [1.54, 1.807) is 24.3 Å². The lowest BCUT2D eigenvalue weighted by molar-refractivity contribution is -0.293. The van der Waals surface area contributed by atoms with Gasteiger partial charge in [0.2, 0.25) is 11.6 Å². The van der Waals surface area contributed by atoms with E-state index in [2.05, 4.69) is 6.92 Å². The molecule has 6 heteroatoms. The molecule has 0 bridgehead atoms. The van der Waals surface area contributed by atoms with Crippen LogP contribution in [0.2, 0.25) is 0 Å². The molecule has 0 aliphatic carbocycles. The maximum atomic E-state index is 13.9. The molecular formula is C32H42O6. The standard InChI is InChI=1S/C32H42O6/c1-7-8-19-31(4,5)32(35-6)29(33)28(37-30(34)26-17-13-10-14-18-26)21-27(38-32)20-23(2)24(3)36-22-25-15-11-9-12-16-25/h8-19,23-24,27-28H,7,20-22H2,1-6H3/b19-8+/t23-,24-,27?,28+,32-/m1/s1. The van der Waals surface area contributed by atoms with Gasteiger partial charge in [-0.1, -0.05) is 88.4 Å². The molecule has 2 aromatic carbocycles. The van der Waals surface area contributed by atoms with Crippen LogP contribution in [0, 0.1) is 11.3 Å². The predicted molar refractivity (Wildman–Crippen MR) is 148 cm³/mol. The van der Waals surface area contributed by atoms with Crippen LogP contribution in [0.15, 0.2) is 72.8 Å². The van der Waals surface area contributed by atoms with Crippen LogP contribution in [0.5, 0.6) is 0 Å². The van der Waals surface area contributed by atoms with E-state index < -0.39 is 23.3 Å². The van der Waals surface area contributed by atoms with Gasteiger partial charge in [0.1, 0.15) is 0 Å². The number of Topliss-reactive ketones (excluding diaryl/α,β-unsaturated/α-hetero) is 1. The summed E-state index contributed by atoms with van der Waals surface area (Å²) in [6, 6.07) is 18.8. The lowest BCUT2D eigenvalue weighted by Crippen LogP contribution is -2.63. The maximum Gasteiger partial charge on any atom is 0.338 e. The molecule has 1 aliphatic heterocycles. The topological polar surface area (TPSA) is 71.1 Å². The van der Waals surface area contributed by atoms with E-state index in [-0.39, 0.29) is 30.3 Å². The summed E-state index contributed by atoms with van der Waals surface area (Å²) in [7, 11) is 1.48. The summed E-state index contributed by atoms with van der Waals surface area (Å²) in [5, 5.41) is 0. The molecular weight excluding hydrogens is 480 g/mol. The second-order valence-electron chi connectivity index (χ2n) is 10.7. The van der Waals surface area contributed by atoms with Crippen molar-refractivity contribution in [3.8, 4) is 0 Å². The number of esters is 1. The Morgan fingerprint density at radius 1 is 1.11 bits per heavy atom. The van der Waals surface area contributed by atoms with Crippen molar-refractivity contribution in [3.63, 3.8) is 0 Å². The van der Waals surface area contributed by atoms with E-state index in [9.17, 15) is 9.59 Å². The zero-order valence-corrected chi connectivity index (χ0v) is 23.5. The smallest absolute Gasteiger partial charge is 0.338 e. The number of carbonyl (C=O) groups excluding carboxylic acids is 2. The first kappa shape index (κ1) is 29.8. The van der Waals surface area contributed by atoms with Crippen molar-refractivity contribution in [1.29, 1.82) is 0 Å². The van der Waals surface area contributed by atoms with Gasteiger partial charge in [0.25, 0.3) is 0 Å². The molecule has 5 atom stereocenters. The molecule has 1 fully saturated rings. The summed E-state index contributed by atoms with van der Waals surface area (Å²) in [5.41, 5.74) is 0.707. The second kappa shape index (κ2) is 13.3. The Bertz CT molecular complexity index is 1060. The monoisotopic (exact) mass is 522 g/mol. The van der Waals surface area contributed by atoms with Crippen LogP contribution < -0.4 is 0 Å². The number of ether oxygens (including phenoxy) is 4. The molecule has 1 saturated heterocycles. The first-order chi connectivity index (χ1) is 18.1. The number of carbonyl (C=O) groups is 2. The van der Waals surface area contributed by atoms with E-state index in [0.717, 1.165) is 12.0 Å². The average molecular weight is 523 g/mol. The van der Waals surface area contributed by atoms with Crippen molar-refractivity contribution in [2.75, 3.05) is 7.11 Å². The van der Waals surface area contributed by atoms with Gasteiger partial charge in [-0.05, 0) is 43.4 Å². The molecule has 3 rings (SSSR count). The normalized spacial score (nSPS) is 23.8. The minimum Gasteiger partial charge on any atom is -0.450 e. The van der Waals surface area contributed by atoms with Crippen molar-refractivity contribution in [3.05, 3.63) is 83.9 Å². The molecule has 1 heterocycles. The van der Waals surface area contributed by atoms with E-state index in [1.807, 2.05) is 76.2 Å². The van der Waals surface area contributed by atoms with Gasteiger partial charge in [-0.3, -0.25) is 4.79 Å². The highest BCUT2D eigenvalue weighted by Gasteiger charge is 2.59. The third-order valence-electron chi connectivity index (χ3n) is 7.38. The number of benzene rings is 2. The third-order valence-corrected chi connectivity index (χ3v) is 7.38. The van der Waals surface area contributed by atoms with Crippen LogP contribution in [0.4, 0.5) is 0 Å². The molecule has 6 nitrogen and oxygen atoms in total. The molecule has 1 aliphatic rings. The molecule has 38 heavy (non-hydrogen) atoms.